The number of nitrogens with zero attached hydrogens (tertiary/aromatic N) is 3. The van der Waals surface area contributed by atoms with Crippen LogP contribution in [0.1, 0.15) is 61.8 Å². The Labute approximate surface area is 356 Å². The maximum atomic E-state index is 14.0. The monoisotopic (exact) mass is 843 g/mol. The van der Waals surface area contributed by atoms with E-state index >= 15 is 0 Å². The first kappa shape index (κ1) is 45.9. The normalized spacial score (nSPS) is 20.5. The third-order valence-electron chi connectivity index (χ3n) is 12.0. The van der Waals surface area contributed by atoms with Crippen molar-refractivity contribution in [2.45, 2.75) is 88.0 Å². The number of nitrogens with two attached hydrogens (primary N) is 2. The smallest absolute Gasteiger partial charge is 0.407 e. The lowest BCUT2D eigenvalue weighted by atomic mass is 9.85. The summed E-state index contributed by atoms with van der Waals surface area (Å²) in [5.74, 6) is -2.41. The van der Waals surface area contributed by atoms with E-state index in [0.717, 1.165) is 16.8 Å². The number of benzene rings is 3. The van der Waals surface area contributed by atoms with Crippen LogP contribution in [0.5, 0.6) is 0 Å². The molecule has 17 heteroatoms. The summed E-state index contributed by atoms with van der Waals surface area (Å²) in [6.45, 7) is 4.67. The van der Waals surface area contributed by atoms with Crippen LogP contribution < -0.4 is 27.0 Å². The molecule has 0 aromatic heterocycles. The maximum absolute atomic E-state index is 14.0. The number of methoxy groups -OCH3 is 4. The molecule has 0 spiro atoms. The Morgan fingerprint density at radius 3 is 1.33 bits per heavy atom. The zero-order valence-corrected chi connectivity index (χ0v) is 35.6. The molecule has 61 heavy (non-hydrogen) atoms. The molecular weight excluding hydrogens is 787 g/mol. The molecule has 0 saturated carbocycles. The number of alkyl carbamates (subject to hydrolysis) is 2. The van der Waals surface area contributed by atoms with Gasteiger partial charge < -0.3 is 55.7 Å². The lowest BCUT2D eigenvalue weighted by molar-refractivity contribution is -0.148. The molecule has 3 aromatic carbocycles. The molecule has 0 radical (unpaired) electrons. The Morgan fingerprint density at radius 2 is 1.00 bits per heavy atom. The molecule has 0 bridgehead atoms. The van der Waals surface area contributed by atoms with Crippen molar-refractivity contribution >= 4 is 41.5 Å². The van der Waals surface area contributed by atoms with E-state index in [1.807, 2.05) is 78.9 Å². The number of hydrogen-bond donors (Lipinski definition) is 4. The number of carbonyl (C=O) groups excluding carboxylic acids is 6. The average molecular weight is 844 g/mol. The molecule has 0 unspecified atom stereocenters. The molecule has 328 valence electrons. The first-order valence-electron chi connectivity index (χ1n) is 20.1. The van der Waals surface area contributed by atoms with Crippen molar-refractivity contribution in [3.05, 3.63) is 101 Å². The summed E-state index contributed by atoms with van der Waals surface area (Å²) in [4.78, 5) is 84.2. The second-order valence-corrected chi connectivity index (χ2v) is 15.3. The second kappa shape index (κ2) is 19.9. The van der Waals surface area contributed by atoms with E-state index in [0.29, 0.717) is 49.9 Å². The Bertz CT molecular complexity index is 1910. The minimum absolute atomic E-state index is 0.245. The summed E-state index contributed by atoms with van der Waals surface area (Å²) in [5, 5.41) is 5.09. The first-order chi connectivity index (χ1) is 29.2. The molecule has 5 rings (SSSR count). The highest BCUT2D eigenvalue weighted by Gasteiger charge is 2.53. The number of rotatable bonds is 17. The van der Waals surface area contributed by atoms with Crippen LogP contribution in [0, 0.1) is 0 Å². The summed E-state index contributed by atoms with van der Waals surface area (Å²) in [6.07, 6.45) is -1.46. The van der Waals surface area contributed by atoms with Gasteiger partial charge in [-0.1, -0.05) is 66.7 Å². The van der Waals surface area contributed by atoms with Crippen molar-refractivity contribution in [1.82, 2.24) is 20.4 Å². The Balaban J connectivity index is 1.41. The van der Waals surface area contributed by atoms with E-state index in [1.54, 1.807) is 13.8 Å². The minimum atomic E-state index is -1.46. The largest absolute Gasteiger partial charge is 0.453 e. The van der Waals surface area contributed by atoms with Crippen molar-refractivity contribution in [2.24, 2.45) is 11.5 Å². The topological polar surface area (TPSA) is 225 Å². The van der Waals surface area contributed by atoms with Gasteiger partial charge in [0.05, 0.1) is 26.4 Å². The van der Waals surface area contributed by atoms with Crippen LogP contribution in [0.15, 0.2) is 78.9 Å². The molecule has 2 aliphatic rings. The highest BCUT2D eigenvalue weighted by Crippen LogP contribution is 2.41. The van der Waals surface area contributed by atoms with E-state index in [4.69, 9.17) is 30.4 Å². The molecule has 6 amide bonds. The summed E-state index contributed by atoms with van der Waals surface area (Å²) in [5.41, 5.74) is 13.1. The SMILES string of the molecule is COC(=O)N[C@H](C(=O)N1CCC[C@@]1(C(N)=O)c1ccc(CN(Cc2ccc([C@]3(C(N)=O)CCCN3C(=O)[C@@H](NC(=O)OC)[C@@H](C)OC)cc2)c2ccccc2)cc1)[C@@H](C)OC. The second-order valence-electron chi connectivity index (χ2n) is 15.3. The molecule has 2 aliphatic heterocycles. The first-order valence-corrected chi connectivity index (χ1v) is 20.1. The van der Waals surface area contributed by atoms with Gasteiger partial charge in [-0.15, -0.1) is 0 Å². The van der Waals surface area contributed by atoms with Crippen LogP contribution in [-0.2, 0) is 62.3 Å². The molecule has 6 N–H and O–H groups in total. The summed E-state index contributed by atoms with van der Waals surface area (Å²) in [6, 6.07) is 22.4. The van der Waals surface area contributed by atoms with E-state index in [2.05, 4.69) is 15.5 Å². The number of anilines is 1. The van der Waals surface area contributed by atoms with Crippen LogP contribution >= 0.6 is 0 Å². The van der Waals surface area contributed by atoms with Gasteiger partial charge in [0.15, 0.2) is 0 Å². The van der Waals surface area contributed by atoms with Crippen molar-refractivity contribution in [3.8, 4) is 0 Å². The van der Waals surface area contributed by atoms with Gasteiger partial charge in [0.2, 0.25) is 23.6 Å². The van der Waals surface area contributed by atoms with E-state index in [1.165, 1.54) is 38.2 Å². The molecule has 0 aliphatic carbocycles. The van der Waals surface area contributed by atoms with Crippen LogP contribution in [0.25, 0.3) is 0 Å². The molecule has 2 saturated heterocycles. The number of ether oxygens (including phenoxy) is 4. The number of amides is 6. The molecule has 2 fully saturated rings. The Hall–Kier alpha value is -6.20. The molecule has 2 heterocycles. The lowest BCUT2D eigenvalue weighted by Crippen LogP contribution is -2.61. The Kier molecular flexibility index (Phi) is 15.0. The fraction of sp³-hybridized carbons (Fsp3) is 0.455. The number of nitrogens with one attached hydrogen (secondary N) is 2. The van der Waals surface area contributed by atoms with Crippen LogP contribution in [-0.4, -0.2) is 111 Å². The van der Waals surface area contributed by atoms with Gasteiger partial charge in [0.25, 0.3) is 0 Å². The third kappa shape index (κ3) is 9.42. The average Bonchev–Trinajstić information content (AvgIpc) is 3.94. The maximum Gasteiger partial charge on any atom is 0.407 e. The summed E-state index contributed by atoms with van der Waals surface area (Å²) >= 11 is 0. The zero-order chi connectivity index (χ0) is 44.5. The molecular formula is C44H57N7O10. The van der Waals surface area contributed by atoms with Gasteiger partial charge >= 0.3 is 12.2 Å². The zero-order valence-electron chi connectivity index (χ0n) is 35.6. The highest BCUT2D eigenvalue weighted by molar-refractivity contribution is 5.96. The third-order valence-corrected chi connectivity index (χ3v) is 12.0. The predicted octanol–water partition coefficient (Wildman–Crippen LogP) is 3.02. The highest BCUT2D eigenvalue weighted by atomic mass is 16.5. The number of para-hydroxylation sites is 1. The van der Waals surface area contributed by atoms with Gasteiger partial charge in [-0.25, -0.2) is 9.59 Å². The van der Waals surface area contributed by atoms with E-state index < -0.39 is 71.2 Å². The fourth-order valence-electron chi connectivity index (χ4n) is 8.46. The van der Waals surface area contributed by atoms with E-state index in [-0.39, 0.29) is 13.1 Å². The van der Waals surface area contributed by atoms with Crippen LogP contribution in [0.4, 0.5) is 15.3 Å². The Morgan fingerprint density at radius 1 is 0.623 bits per heavy atom. The molecule has 3 aromatic rings. The molecule has 6 atom stereocenters. The van der Waals surface area contributed by atoms with Gasteiger partial charge in [-0.3, -0.25) is 19.2 Å². The molecule has 17 nitrogen and oxygen atoms in total. The number of carbonyl (C=O) groups is 6. The van der Waals surface area contributed by atoms with Gasteiger partial charge in [0, 0.05) is 46.1 Å². The van der Waals surface area contributed by atoms with Crippen molar-refractivity contribution < 1.29 is 47.7 Å². The summed E-state index contributed by atoms with van der Waals surface area (Å²) < 4.78 is 20.3. The fourth-order valence-corrected chi connectivity index (χ4v) is 8.46. The van der Waals surface area contributed by atoms with Gasteiger partial charge in [0.1, 0.15) is 23.2 Å². The van der Waals surface area contributed by atoms with Crippen molar-refractivity contribution in [3.63, 3.8) is 0 Å². The van der Waals surface area contributed by atoms with Gasteiger partial charge in [-0.2, -0.15) is 0 Å². The van der Waals surface area contributed by atoms with Crippen molar-refractivity contribution in [1.29, 1.82) is 0 Å². The predicted molar refractivity (Wildman–Crippen MR) is 224 cm³/mol. The minimum Gasteiger partial charge on any atom is -0.453 e. The lowest BCUT2D eigenvalue weighted by Gasteiger charge is -2.39. The number of hydrogen-bond acceptors (Lipinski definition) is 11. The van der Waals surface area contributed by atoms with E-state index in [9.17, 15) is 28.8 Å². The van der Waals surface area contributed by atoms with Gasteiger partial charge in [-0.05, 0) is 73.9 Å². The van der Waals surface area contributed by atoms with Crippen LogP contribution in [0.3, 0.4) is 0 Å². The summed E-state index contributed by atoms with van der Waals surface area (Å²) in [7, 11) is 5.23. The quantitative estimate of drug-likeness (QED) is 0.155. The number of likely N-dealkylation sites (tertiary alicyclic amines) is 2. The number of primary amides is 2. The van der Waals surface area contributed by atoms with Crippen molar-refractivity contribution in [2.75, 3.05) is 46.4 Å². The standard InChI is InChI=1S/C44H57N7O10/c1-28(58-3)35(47-41(56)60-5)37(52)50-24-10-22-43(50,39(45)54)32-18-14-30(15-19-32)26-49(34-12-8-7-9-13-34)27-31-16-20-33(21-17-31)44(40(46)55)23-11-25-51(44)38(53)36(29(2)59-4)48-42(57)61-6/h7-9,12-21,28-29,35-36H,10-11,22-27H2,1-6H3,(H2,45,54)(H2,46,55)(H,47,56)(H,48,57)/t28-,29-,35+,36+,43+,44+/m1/s1. The van der Waals surface area contributed by atoms with Crippen LogP contribution in [0.2, 0.25) is 0 Å².